The van der Waals surface area contributed by atoms with Crippen molar-refractivity contribution in [3.05, 3.63) is 114 Å². The van der Waals surface area contributed by atoms with Crippen molar-refractivity contribution in [2.75, 3.05) is 28.3 Å². The first-order valence-corrected chi connectivity index (χ1v) is 17.8. The van der Waals surface area contributed by atoms with E-state index in [1.54, 1.807) is 0 Å². The van der Waals surface area contributed by atoms with E-state index in [1.807, 2.05) is 107 Å². The predicted molar refractivity (Wildman–Crippen MR) is 189 cm³/mol. The molecule has 3 heterocycles. The van der Waals surface area contributed by atoms with Gasteiger partial charge in [0.25, 0.3) is 0 Å². The van der Waals surface area contributed by atoms with Crippen molar-refractivity contribution in [2.24, 2.45) is 0 Å². The Morgan fingerprint density at radius 3 is 2.60 bits per heavy atom. The summed E-state index contributed by atoms with van der Waals surface area (Å²) in [5, 5.41) is 12.4. The third-order valence-electron chi connectivity index (χ3n) is 7.66. The minimum absolute atomic E-state index is 0.0821. The van der Waals surface area contributed by atoms with Gasteiger partial charge in [0.05, 0.1) is 21.7 Å². The number of hydrogen-bond donors (Lipinski definition) is 1. The highest BCUT2D eigenvalue weighted by Crippen LogP contribution is 2.33. The van der Waals surface area contributed by atoms with Gasteiger partial charge in [-0.3, -0.25) is 14.2 Å². The quantitative estimate of drug-likeness (QED) is 0.144. The first-order valence-electron chi connectivity index (χ1n) is 15.0. The van der Waals surface area contributed by atoms with E-state index < -0.39 is 0 Å². The van der Waals surface area contributed by atoms with Crippen molar-refractivity contribution >= 4 is 68.3 Å². The van der Waals surface area contributed by atoms with Crippen molar-refractivity contribution in [2.45, 2.75) is 29.4 Å². The summed E-state index contributed by atoms with van der Waals surface area (Å²) in [6.07, 6.45) is 0.887. The number of carbonyl (C=O) groups excluding carboxylic acids is 2. The number of nitrogens with zero attached hydrogens (tertiary/aromatic N) is 5. The fraction of sp³-hybridized carbons (Fsp3) is 0.171. The summed E-state index contributed by atoms with van der Waals surface area (Å²) in [6.45, 7) is 2.95. The van der Waals surface area contributed by atoms with Gasteiger partial charge in [0.1, 0.15) is 12.4 Å². The molecule has 236 valence electrons. The van der Waals surface area contributed by atoms with Gasteiger partial charge in [0, 0.05) is 23.6 Å². The molecule has 0 radical (unpaired) electrons. The molecule has 0 aliphatic carbocycles. The van der Waals surface area contributed by atoms with Crippen molar-refractivity contribution in [1.29, 1.82) is 0 Å². The molecule has 0 bridgehead atoms. The van der Waals surface area contributed by atoms with E-state index in [0.717, 1.165) is 43.7 Å². The normalized spacial score (nSPS) is 12.3. The van der Waals surface area contributed by atoms with Crippen molar-refractivity contribution in [3.63, 3.8) is 0 Å². The van der Waals surface area contributed by atoms with Gasteiger partial charge in [0.15, 0.2) is 15.3 Å². The van der Waals surface area contributed by atoms with Gasteiger partial charge in [-0.25, -0.2) is 4.98 Å². The molecule has 2 aromatic heterocycles. The second-order valence-electron chi connectivity index (χ2n) is 10.8. The van der Waals surface area contributed by atoms with Crippen LogP contribution in [0.1, 0.15) is 17.0 Å². The summed E-state index contributed by atoms with van der Waals surface area (Å²) in [4.78, 5) is 32.6. The van der Waals surface area contributed by atoms with E-state index in [9.17, 15) is 9.59 Å². The molecule has 0 spiro atoms. The molecular formula is C35H30N6O3S3. The Hall–Kier alpha value is -4.65. The van der Waals surface area contributed by atoms with E-state index in [2.05, 4.69) is 21.6 Å². The number of para-hydroxylation sites is 3. The molecule has 4 aromatic carbocycles. The van der Waals surface area contributed by atoms with Crippen LogP contribution in [-0.2, 0) is 22.6 Å². The Morgan fingerprint density at radius 2 is 1.72 bits per heavy atom. The van der Waals surface area contributed by atoms with E-state index in [4.69, 9.17) is 9.72 Å². The summed E-state index contributed by atoms with van der Waals surface area (Å²) in [5.74, 6) is 1.81. The fourth-order valence-corrected chi connectivity index (χ4v) is 8.11. The van der Waals surface area contributed by atoms with E-state index in [-0.39, 0.29) is 24.2 Å². The Kier molecular flexibility index (Phi) is 9.23. The summed E-state index contributed by atoms with van der Waals surface area (Å²) in [6, 6.07) is 31.4. The number of nitrogens with one attached hydrogen (secondary N) is 1. The molecule has 0 saturated carbocycles. The van der Waals surface area contributed by atoms with Crippen LogP contribution in [0.15, 0.2) is 107 Å². The minimum atomic E-state index is -0.162. The number of aryl methyl sites for hydroxylation is 1. The minimum Gasteiger partial charge on any atom is -0.485 e. The topological polar surface area (TPSA) is 102 Å². The van der Waals surface area contributed by atoms with E-state index >= 15 is 0 Å². The van der Waals surface area contributed by atoms with Crippen LogP contribution in [0.2, 0.25) is 0 Å². The van der Waals surface area contributed by atoms with Crippen LogP contribution < -0.4 is 15.0 Å². The lowest BCUT2D eigenvalue weighted by molar-refractivity contribution is -0.116. The highest BCUT2D eigenvalue weighted by Gasteiger charge is 2.24. The number of hydrogen-bond acceptors (Lipinski definition) is 9. The monoisotopic (exact) mass is 678 g/mol. The number of benzene rings is 4. The highest BCUT2D eigenvalue weighted by atomic mass is 32.2. The van der Waals surface area contributed by atoms with Crippen LogP contribution >= 0.6 is 34.9 Å². The van der Waals surface area contributed by atoms with E-state index in [1.165, 1.54) is 40.4 Å². The van der Waals surface area contributed by atoms with Gasteiger partial charge >= 0.3 is 0 Å². The number of fused-ring (bicyclic) bond motifs is 2. The van der Waals surface area contributed by atoms with Gasteiger partial charge < -0.3 is 15.0 Å². The van der Waals surface area contributed by atoms with Crippen LogP contribution in [-0.4, -0.2) is 49.6 Å². The zero-order valence-electron chi connectivity index (χ0n) is 25.5. The molecule has 47 heavy (non-hydrogen) atoms. The largest absolute Gasteiger partial charge is 0.485 e. The fourth-order valence-electron chi connectivity index (χ4n) is 5.35. The number of carbonyl (C=O) groups is 2. The second kappa shape index (κ2) is 14.0. The number of aromatic nitrogens is 4. The molecular weight excluding hydrogens is 649 g/mol. The lowest BCUT2D eigenvalue weighted by Crippen LogP contribution is -2.30. The Labute approximate surface area is 284 Å². The maximum absolute atomic E-state index is 13.0. The molecule has 6 aromatic rings. The van der Waals surface area contributed by atoms with Gasteiger partial charge in [-0.05, 0) is 66.9 Å². The molecule has 2 amide bonds. The SMILES string of the molecule is Cc1ccccc1OCc1nnc(SCC(=O)Nc2ccc3nc(SCC(=O)N4CCc5ccccc54)sc3c2)n1-c1ccccc1. The average Bonchev–Trinajstić information content (AvgIpc) is 3.83. The summed E-state index contributed by atoms with van der Waals surface area (Å²) in [5.41, 5.74) is 5.67. The van der Waals surface area contributed by atoms with Gasteiger partial charge in [-0.1, -0.05) is 78.1 Å². The molecule has 1 aliphatic rings. The first-order chi connectivity index (χ1) is 23.0. The van der Waals surface area contributed by atoms with E-state index in [0.29, 0.717) is 29.0 Å². The van der Waals surface area contributed by atoms with Crippen LogP contribution in [0.25, 0.3) is 15.9 Å². The van der Waals surface area contributed by atoms with Crippen LogP contribution in [0, 0.1) is 6.92 Å². The smallest absolute Gasteiger partial charge is 0.237 e. The average molecular weight is 679 g/mol. The number of thioether (sulfide) groups is 2. The van der Waals surface area contributed by atoms with Crippen molar-refractivity contribution < 1.29 is 14.3 Å². The third kappa shape index (κ3) is 7.04. The standard InChI is InChI=1S/C35H30N6O3S3/c1-23-9-5-8-14-29(23)44-20-31-38-39-34(41(31)26-11-3-2-4-12-26)45-21-32(42)36-25-15-16-27-30(19-25)47-35(37-27)46-22-33(43)40-18-17-24-10-6-7-13-28(24)40/h2-16,19H,17-18,20-22H2,1H3,(H,36,42). The molecule has 12 heteroatoms. The molecule has 7 rings (SSSR count). The molecule has 0 unspecified atom stereocenters. The van der Waals surface area contributed by atoms with Gasteiger partial charge in [-0.15, -0.1) is 21.5 Å². The molecule has 0 atom stereocenters. The zero-order chi connectivity index (χ0) is 32.2. The highest BCUT2D eigenvalue weighted by molar-refractivity contribution is 8.01. The maximum atomic E-state index is 13.0. The molecule has 0 fully saturated rings. The number of ether oxygens (including phenoxy) is 1. The lowest BCUT2D eigenvalue weighted by Gasteiger charge is -2.16. The van der Waals surface area contributed by atoms with Crippen LogP contribution in [0.5, 0.6) is 5.75 Å². The number of amides is 2. The first kappa shape index (κ1) is 31.0. The third-order valence-corrected chi connectivity index (χ3v) is 10.7. The Bertz CT molecular complexity index is 2060. The molecule has 1 N–H and O–H groups in total. The summed E-state index contributed by atoms with van der Waals surface area (Å²) in [7, 11) is 0. The number of anilines is 2. The van der Waals surface area contributed by atoms with Crippen molar-refractivity contribution in [1.82, 2.24) is 19.7 Å². The lowest BCUT2D eigenvalue weighted by atomic mass is 10.2. The number of thiazole rings is 1. The second-order valence-corrected chi connectivity index (χ2v) is 14.0. The van der Waals surface area contributed by atoms with Crippen LogP contribution in [0.4, 0.5) is 11.4 Å². The Balaban J connectivity index is 0.976. The van der Waals surface area contributed by atoms with Crippen LogP contribution in [0.3, 0.4) is 0 Å². The summed E-state index contributed by atoms with van der Waals surface area (Å²) < 4.78 is 9.75. The summed E-state index contributed by atoms with van der Waals surface area (Å²) >= 11 is 4.27. The molecule has 9 nitrogen and oxygen atoms in total. The maximum Gasteiger partial charge on any atom is 0.237 e. The molecule has 1 aliphatic heterocycles. The molecule has 0 saturated heterocycles. The van der Waals surface area contributed by atoms with Crippen molar-refractivity contribution in [3.8, 4) is 11.4 Å². The van der Waals surface area contributed by atoms with Gasteiger partial charge in [0.2, 0.25) is 11.8 Å². The zero-order valence-corrected chi connectivity index (χ0v) is 27.9. The Morgan fingerprint density at radius 1 is 0.915 bits per heavy atom. The number of rotatable bonds is 11. The van der Waals surface area contributed by atoms with Gasteiger partial charge in [-0.2, -0.15) is 0 Å². The predicted octanol–water partition coefficient (Wildman–Crippen LogP) is 7.18.